The molecule has 0 fully saturated rings. The number of hydrogen-bond donors (Lipinski definition) is 2. The van der Waals surface area contributed by atoms with Crippen molar-refractivity contribution < 1.29 is 14.3 Å². The third-order valence-corrected chi connectivity index (χ3v) is 7.09. The van der Waals surface area contributed by atoms with E-state index in [1.54, 1.807) is 7.11 Å². The van der Waals surface area contributed by atoms with Crippen LogP contribution < -0.4 is 10.2 Å². The van der Waals surface area contributed by atoms with Gasteiger partial charge in [-0.05, 0) is 61.6 Å². The van der Waals surface area contributed by atoms with Gasteiger partial charge in [0.25, 0.3) is 0 Å². The van der Waals surface area contributed by atoms with Gasteiger partial charge in [-0.25, -0.2) is 4.98 Å². The summed E-state index contributed by atoms with van der Waals surface area (Å²) in [6.45, 7) is 0. The highest BCUT2D eigenvalue weighted by molar-refractivity contribution is 7.16. The van der Waals surface area contributed by atoms with Crippen molar-refractivity contribution in [1.82, 2.24) is 9.97 Å². The number of hydrazone groups is 1. The number of methoxy groups -OCH3 is 2. The number of thiazole rings is 1. The predicted octanol–water partition coefficient (Wildman–Crippen LogP) is 5.56. The number of aromatic nitrogens is 2. The van der Waals surface area contributed by atoms with Crippen molar-refractivity contribution in [3.05, 3.63) is 64.7 Å². The lowest BCUT2D eigenvalue weighted by molar-refractivity contribution is -0.140. The Morgan fingerprint density at radius 1 is 1.15 bits per heavy atom. The summed E-state index contributed by atoms with van der Waals surface area (Å²) in [5.41, 5.74) is 9.59. The van der Waals surface area contributed by atoms with E-state index in [0.717, 1.165) is 58.1 Å². The van der Waals surface area contributed by atoms with Gasteiger partial charge in [-0.1, -0.05) is 29.5 Å². The molecule has 0 aliphatic heterocycles. The third kappa shape index (κ3) is 4.41. The van der Waals surface area contributed by atoms with Gasteiger partial charge >= 0.3 is 5.97 Å². The van der Waals surface area contributed by atoms with E-state index in [1.807, 2.05) is 30.3 Å². The highest BCUT2D eigenvalue weighted by atomic mass is 32.1. The van der Waals surface area contributed by atoms with Gasteiger partial charge < -0.3 is 14.5 Å². The molecule has 2 aromatic heterocycles. The molecule has 4 aromatic rings. The zero-order chi connectivity index (χ0) is 23.5. The van der Waals surface area contributed by atoms with Crippen molar-refractivity contribution in [2.24, 2.45) is 5.10 Å². The lowest BCUT2D eigenvalue weighted by Gasteiger charge is -2.13. The minimum Gasteiger partial charge on any atom is -0.497 e. The molecule has 174 valence electrons. The van der Waals surface area contributed by atoms with Gasteiger partial charge in [-0.2, -0.15) is 5.10 Å². The summed E-state index contributed by atoms with van der Waals surface area (Å²) in [7, 11) is 3.05. The monoisotopic (exact) mass is 474 g/mol. The average Bonchev–Trinajstić information content (AvgIpc) is 3.47. The van der Waals surface area contributed by atoms with Crippen LogP contribution in [0, 0.1) is 0 Å². The second-order valence-corrected chi connectivity index (χ2v) is 9.23. The Balaban J connectivity index is 1.44. The summed E-state index contributed by atoms with van der Waals surface area (Å²) in [6.07, 6.45) is 3.87. The van der Waals surface area contributed by atoms with Crippen molar-refractivity contribution in [1.29, 1.82) is 0 Å². The number of fused-ring (bicyclic) bond motifs is 3. The van der Waals surface area contributed by atoms with Crippen LogP contribution in [0.2, 0.25) is 0 Å². The first-order chi connectivity index (χ1) is 16.7. The molecule has 1 aliphatic carbocycles. The lowest BCUT2D eigenvalue weighted by Crippen LogP contribution is -2.13. The Labute approximate surface area is 201 Å². The zero-order valence-electron chi connectivity index (χ0n) is 19.2. The molecule has 0 spiro atoms. The molecule has 5 rings (SSSR count). The molecule has 7 nitrogen and oxygen atoms in total. The summed E-state index contributed by atoms with van der Waals surface area (Å²) < 4.78 is 10.1. The Morgan fingerprint density at radius 3 is 2.76 bits per heavy atom. The molecule has 1 aliphatic rings. The number of anilines is 1. The molecule has 0 bridgehead atoms. The second kappa shape index (κ2) is 9.69. The Morgan fingerprint density at radius 2 is 1.97 bits per heavy atom. The average molecular weight is 475 g/mol. The molecule has 2 N–H and O–H groups in total. The van der Waals surface area contributed by atoms with Gasteiger partial charge in [0.1, 0.15) is 5.75 Å². The number of ether oxygens (including phenoxy) is 2. The molecule has 0 atom stereocenters. The molecule has 2 heterocycles. The van der Waals surface area contributed by atoms with Crippen molar-refractivity contribution in [2.45, 2.75) is 32.1 Å². The topological polar surface area (TPSA) is 88.6 Å². The molecule has 0 saturated heterocycles. The van der Waals surface area contributed by atoms with Crippen LogP contribution in [0.3, 0.4) is 0 Å². The van der Waals surface area contributed by atoms with Crippen LogP contribution in [0.25, 0.3) is 22.2 Å². The molecule has 0 radical (unpaired) electrons. The SMILES string of the molecule is COC(=O)CCc1sc(N/N=C2\CCCc3c2[nH]c2ccccc32)nc1-c1ccc(OC)cc1. The lowest BCUT2D eigenvalue weighted by atomic mass is 9.94. The van der Waals surface area contributed by atoms with E-state index in [1.165, 1.54) is 29.4 Å². The number of rotatable bonds is 7. The number of para-hydroxylation sites is 1. The molecule has 0 amide bonds. The van der Waals surface area contributed by atoms with E-state index in [-0.39, 0.29) is 5.97 Å². The molecule has 8 heteroatoms. The van der Waals surface area contributed by atoms with E-state index >= 15 is 0 Å². The number of carbonyl (C=O) groups is 1. The Bertz CT molecular complexity index is 1350. The maximum absolute atomic E-state index is 11.8. The first-order valence-corrected chi connectivity index (χ1v) is 12.1. The number of nitrogens with zero attached hydrogens (tertiary/aromatic N) is 2. The number of benzene rings is 2. The van der Waals surface area contributed by atoms with Gasteiger partial charge in [-0.15, -0.1) is 0 Å². The van der Waals surface area contributed by atoms with Gasteiger partial charge in [0, 0.05) is 21.3 Å². The maximum atomic E-state index is 11.8. The summed E-state index contributed by atoms with van der Waals surface area (Å²) in [6, 6.07) is 16.2. The van der Waals surface area contributed by atoms with E-state index in [4.69, 9.17) is 19.6 Å². The fourth-order valence-corrected chi connectivity index (χ4v) is 5.28. The van der Waals surface area contributed by atoms with Crippen molar-refractivity contribution in [2.75, 3.05) is 19.6 Å². The summed E-state index contributed by atoms with van der Waals surface area (Å²) in [4.78, 5) is 21.1. The van der Waals surface area contributed by atoms with Gasteiger partial charge in [0.2, 0.25) is 5.13 Å². The van der Waals surface area contributed by atoms with Gasteiger partial charge in [0.05, 0.1) is 37.7 Å². The van der Waals surface area contributed by atoms with E-state index < -0.39 is 0 Å². The third-order valence-electron chi connectivity index (χ3n) is 6.07. The normalized spacial score (nSPS) is 14.2. The first kappa shape index (κ1) is 22.2. The number of nitrogens with one attached hydrogen (secondary N) is 2. The predicted molar refractivity (Wildman–Crippen MR) is 136 cm³/mol. The number of H-pyrrole nitrogens is 1. The van der Waals surface area contributed by atoms with Crippen LogP contribution in [-0.4, -0.2) is 35.9 Å². The largest absolute Gasteiger partial charge is 0.497 e. The summed E-state index contributed by atoms with van der Waals surface area (Å²) >= 11 is 1.51. The highest BCUT2D eigenvalue weighted by Gasteiger charge is 2.21. The van der Waals surface area contributed by atoms with Crippen LogP contribution in [0.15, 0.2) is 53.6 Å². The van der Waals surface area contributed by atoms with Crippen LogP contribution in [0.4, 0.5) is 5.13 Å². The van der Waals surface area contributed by atoms with Crippen LogP contribution >= 0.6 is 11.3 Å². The van der Waals surface area contributed by atoms with Crippen molar-refractivity contribution in [3.8, 4) is 17.0 Å². The minimum atomic E-state index is -0.239. The summed E-state index contributed by atoms with van der Waals surface area (Å²) in [5.74, 6) is 0.545. The fraction of sp³-hybridized carbons (Fsp3) is 0.269. The van der Waals surface area contributed by atoms with E-state index in [9.17, 15) is 4.79 Å². The van der Waals surface area contributed by atoms with E-state index in [0.29, 0.717) is 18.0 Å². The van der Waals surface area contributed by atoms with E-state index in [2.05, 4.69) is 28.6 Å². The quantitative estimate of drug-likeness (QED) is 0.270. The summed E-state index contributed by atoms with van der Waals surface area (Å²) in [5, 5.41) is 6.71. The zero-order valence-corrected chi connectivity index (χ0v) is 20.0. The van der Waals surface area contributed by atoms with Crippen molar-refractivity contribution >= 4 is 39.1 Å². The molecule has 2 aromatic carbocycles. The number of esters is 1. The minimum absolute atomic E-state index is 0.239. The second-order valence-electron chi connectivity index (χ2n) is 8.14. The van der Waals surface area contributed by atoms with Gasteiger partial charge in [-0.3, -0.25) is 10.2 Å². The number of carbonyl (C=O) groups excluding carboxylic acids is 1. The van der Waals surface area contributed by atoms with Crippen LogP contribution in [0.5, 0.6) is 5.75 Å². The maximum Gasteiger partial charge on any atom is 0.305 e. The van der Waals surface area contributed by atoms with Gasteiger partial charge in [0.15, 0.2) is 0 Å². The first-order valence-electron chi connectivity index (χ1n) is 11.3. The number of aromatic amines is 1. The highest BCUT2D eigenvalue weighted by Crippen LogP contribution is 2.34. The Hall–Kier alpha value is -3.65. The molecule has 0 unspecified atom stereocenters. The fourth-order valence-electron chi connectivity index (χ4n) is 4.35. The molecule has 34 heavy (non-hydrogen) atoms. The van der Waals surface area contributed by atoms with Crippen molar-refractivity contribution in [3.63, 3.8) is 0 Å². The van der Waals surface area contributed by atoms with Crippen LogP contribution in [-0.2, 0) is 22.4 Å². The smallest absolute Gasteiger partial charge is 0.305 e. The van der Waals surface area contributed by atoms with Crippen LogP contribution in [0.1, 0.15) is 35.4 Å². The molecule has 0 saturated carbocycles. The number of hydrogen-bond acceptors (Lipinski definition) is 7. The standard InChI is InChI=1S/C26H26N4O3S/c1-32-17-12-10-16(11-13-17)24-22(14-15-23(31)33-2)34-26(28-24)30-29-21-9-5-7-19-18-6-3-4-8-20(18)27-25(19)21/h3-4,6,8,10-13,27H,5,7,9,14-15H2,1-2H3,(H,28,30)/b29-21+. The molecular formula is C26H26N4O3S. The Kier molecular flexibility index (Phi) is 6.31. The number of aryl methyl sites for hydroxylation is 2. The molecular weight excluding hydrogens is 448 g/mol.